The van der Waals surface area contributed by atoms with E-state index < -0.39 is 0 Å². The first-order chi connectivity index (χ1) is 9.95. The predicted octanol–water partition coefficient (Wildman–Crippen LogP) is 5.24. The third-order valence-electron chi connectivity index (χ3n) is 3.24. The van der Waals surface area contributed by atoms with Gasteiger partial charge in [0.1, 0.15) is 12.4 Å². The second kappa shape index (κ2) is 6.99. The molecule has 2 nitrogen and oxygen atoms in total. The average Bonchev–Trinajstić information content (AvgIpc) is 2.43. The van der Waals surface area contributed by atoms with Crippen molar-refractivity contribution in [2.75, 3.05) is 18.5 Å². The monoisotopic (exact) mass is 347 g/mol. The lowest BCUT2D eigenvalue weighted by molar-refractivity contribution is 0.332. The van der Waals surface area contributed by atoms with Gasteiger partial charge in [-0.05, 0) is 41.3 Å². The topological polar surface area (TPSA) is 21.3 Å². The fourth-order valence-electron chi connectivity index (χ4n) is 2.01. The van der Waals surface area contributed by atoms with Gasteiger partial charge in [0.2, 0.25) is 0 Å². The van der Waals surface area contributed by atoms with Crippen LogP contribution in [0.1, 0.15) is 26.3 Å². The van der Waals surface area contributed by atoms with Crippen LogP contribution in [0.5, 0.6) is 5.75 Å². The number of ether oxygens (including phenoxy) is 1. The first-order valence-corrected chi connectivity index (χ1v) is 7.97. The number of anilines is 1. The van der Waals surface area contributed by atoms with Crippen molar-refractivity contribution in [3.05, 3.63) is 58.6 Å². The second-order valence-electron chi connectivity index (χ2n) is 6.06. The van der Waals surface area contributed by atoms with E-state index in [0.29, 0.717) is 6.61 Å². The van der Waals surface area contributed by atoms with Crippen LogP contribution < -0.4 is 10.1 Å². The Morgan fingerprint density at radius 3 is 2.38 bits per heavy atom. The van der Waals surface area contributed by atoms with Gasteiger partial charge in [-0.15, -0.1) is 0 Å². The summed E-state index contributed by atoms with van der Waals surface area (Å²) in [5.41, 5.74) is 2.60. The van der Waals surface area contributed by atoms with Crippen LogP contribution in [0.15, 0.2) is 53.0 Å². The molecule has 3 heteroatoms. The highest BCUT2D eigenvalue weighted by molar-refractivity contribution is 9.10. The Morgan fingerprint density at radius 2 is 1.76 bits per heavy atom. The number of rotatable bonds is 5. The van der Waals surface area contributed by atoms with E-state index in [-0.39, 0.29) is 5.41 Å². The van der Waals surface area contributed by atoms with Crippen molar-refractivity contribution in [3.8, 4) is 5.75 Å². The molecule has 0 spiro atoms. The second-order valence-corrected chi connectivity index (χ2v) is 6.98. The average molecular weight is 348 g/mol. The van der Waals surface area contributed by atoms with Crippen LogP contribution in [-0.2, 0) is 5.41 Å². The molecule has 1 N–H and O–H groups in total. The summed E-state index contributed by atoms with van der Waals surface area (Å²) in [5, 5.41) is 3.34. The summed E-state index contributed by atoms with van der Waals surface area (Å²) >= 11 is 3.46. The smallest absolute Gasteiger partial charge is 0.119 e. The van der Waals surface area contributed by atoms with Crippen molar-refractivity contribution >= 4 is 21.6 Å². The van der Waals surface area contributed by atoms with E-state index >= 15 is 0 Å². The number of hydrogen-bond acceptors (Lipinski definition) is 2. The Balaban J connectivity index is 1.79. The van der Waals surface area contributed by atoms with Crippen molar-refractivity contribution in [3.63, 3.8) is 0 Å². The third kappa shape index (κ3) is 5.09. The Hall–Kier alpha value is -1.48. The molecule has 0 saturated carbocycles. The maximum absolute atomic E-state index is 5.75. The van der Waals surface area contributed by atoms with Crippen molar-refractivity contribution in [1.29, 1.82) is 0 Å². The Labute approximate surface area is 135 Å². The van der Waals surface area contributed by atoms with Gasteiger partial charge in [-0.25, -0.2) is 0 Å². The summed E-state index contributed by atoms with van der Waals surface area (Å²) in [6.07, 6.45) is 0. The minimum atomic E-state index is 0.181. The van der Waals surface area contributed by atoms with Gasteiger partial charge in [0.25, 0.3) is 0 Å². The fourth-order valence-corrected chi connectivity index (χ4v) is 2.41. The molecular weight excluding hydrogens is 326 g/mol. The standard InChI is InChI=1S/C18H22BrNO/c1-18(2,3)14-7-9-17(10-8-14)21-12-11-20-16-6-4-5-15(19)13-16/h4-10,13,20H,11-12H2,1-3H3. The zero-order chi connectivity index (χ0) is 15.3. The minimum absolute atomic E-state index is 0.181. The molecule has 0 atom stereocenters. The summed E-state index contributed by atoms with van der Waals surface area (Å²) in [6.45, 7) is 8.05. The third-order valence-corrected chi connectivity index (χ3v) is 3.74. The largest absolute Gasteiger partial charge is 0.492 e. The predicted molar refractivity (Wildman–Crippen MR) is 93.3 cm³/mol. The van der Waals surface area contributed by atoms with E-state index in [9.17, 15) is 0 Å². The molecule has 0 bridgehead atoms. The molecule has 0 unspecified atom stereocenters. The van der Waals surface area contributed by atoms with Crippen LogP contribution in [0.2, 0.25) is 0 Å². The van der Waals surface area contributed by atoms with E-state index in [4.69, 9.17) is 4.74 Å². The molecule has 21 heavy (non-hydrogen) atoms. The van der Waals surface area contributed by atoms with E-state index in [1.54, 1.807) is 0 Å². The molecule has 0 aliphatic rings. The first-order valence-electron chi connectivity index (χ1n) is 7.18. The highest BCUT2D eigenvalue weighted by Crippen LogP contribution is 2.24. The molecular formula is C18H22BrNO. The molecule has 2 aromatic carbocycles. The summed E-state index contributed by atoms with van der Waals surface area (Å²) in [6, 6.07) is 16.5. The van der Waals surface area contributed by atoms with Gasteiger partial charge in [-0.3, -0.25) is 0 Å². The van der Waals surface area contributed by atoms with Gasteiger partial charge in [-0.1, -0.05) is 54.9 Å². The number of hydrogen-bond donors (Lipinski definition) is 1. The van der Waals surface area contributed by atoms with Crippen molar-refractivity contribution in [2.45, 2.75) is 26.2 Å². The van der Waals surface area contributed by atoms with Crippen LogP contribution in [0.4, 0.5) is 5.69 Å². The van der Waals surface area contributed by atoms with E-state index in [1.807, 2.05) is 30.3 Å². The zero-order valence-corrected chi connectivity index (χ0v) is 14.4. The van der Waals surface area contributed by atoms with Crippen molar-refractivity contribution < 1.29 is 4.74 Å². The van der Waals surface area contributed by atoms with Crippen LogP contribution >= 0.6 is 15.9 Å². The summed E-state index contributed by atoms with van der Waals surface area (Å²) in [4.78, 5) is 0. The Bertz CT molecular complexity index is 573. The Morgan fingerprint density at radius 1 is 1.05 bits per heavy atom. The minimum Gasteiger partial charge on any atom is -0.492 e. The molecule has 0 fully saturated rings. The molecule has 0 aliphatic carbocycles. The molecule has 0 amide bonds. The van der Waals surface area contributed by atoms with Crippen LogP contribution in [0, 0.1) is 0 Å². The number of benzene rings is 2. The molecule has 2 aromatic rings. The summed E-state index contributed by atoms with van der Waals surface area (Å²) < 4.78 is 6.83. The number of halogens is 1. The van der Waals surface area contributed by atoms with Crippen LogP contribution in [0.25, 0.3) is 0 Å². The maximum atomic E-state index is 5.75. The Kier molecular flexibility index (Phi) is 5.29. The van der Waals surface area contributed by atoms with Gasteiger partial charge < -0.3 is 10.1 Å². The lowest BCUT2D eigenvalue weighted by atomic mass is 9.87. The van der Waals surface area contributed by atoms with E-state index in [0.717, 1.165) is 22.5 Å². The summed E-state index contributed by atoms with van der Waals surface area (Å²) in [5.74, 6) is 0.916. The quantitative estimate of drug-likeness (QED) is 0.747. The van der Waals surface area contributed by atoms with Crippen molar-refractivity contribution in [2.24, 2.45) is 0 Å². The van der Waals surface area contributed by atoms with Gasteiger partial charge in [0.05, 0.1) is 0 Å². The highest BCUT2D eigenvalue weighted by atomic mass is 79.9. The molecule has 0 saturated heterocycles. The van der Waals surface area contributed by atoms with E-state index in [1.165, 1.54) is 5.56 Å². The lowest BCUT2D eigenvalue weighted by Crippen LogP contribution is -2.12. The molecule has 112 valence electrons. The summed E-state index contributed by atoms with van der Waals surface area (Å²) in [7, 11) is 0. The van der Waals surface area contributed by atoms with Gasteiger partial charge in [-0.2, -0.15) is 0 Å². The first kappa shape index (κ1) is 15.9. The molecule has 2 rings (SSSR count). The molecule has 0 aliphatic heterocycles. The van der Waals surface area contributed by atoms with Crippen molar-refractivity contribution in [1.82, 2.24) is 0 Å². The molecule has 0 aromatic heterocycles. The SMILES string of the molecule is CC(C)(C)c1ccc(OCCNc2cccc(Br)c2)cc1. The normalized spacial score (nSPS) is 11.2. The van der Waals surface area contributed by atoms with Gasteiger partial charge >= 0.3 is 0 Å². The highest BCUT2D eigenvalue weighted by Gasteiger charge is 2.12. The molecule has 0 radical (unpaired) electrons. The van der Waals surface area contributed by atoms with Gasteiger partial charge in [0.15, 0.2) is 0 Å². The number of nitrogens with one attached hydrogen (secondary N) is 1. The van der Waals surface area contributed by atoms with Crippen LogP contribution in [-0.4, -0.2) is 13.2 Å². The fraction of sp³-hybridized carbons (Fsp3) is 0.333. The lowest BCUT2D eigenvalue weighted by Gasteiger charge is -2.19. The van der Waals surface area contributed by atoms with Crippen LogP contribution in [0.3, 0.4) is 0 Å². The van der Waals surface area contributed by atoms with Gasteiger partial charge in [0, 0.05) is 16.7 Å². The maximum Gasteiger partial charge on any atom is 0.119 e. The van der Waals surface area contributed by atoms with E-state index in [2.05, 4.69) is 60.2 Å². The zero-order valence-electron chi connectivity index (χ0n) is 12.8. The molecule has 0 heterocycles.